The average Bonchev–Trinajstić information content (AvgIpc) is 3.31. The van der Waals surface area contributed by atoms with E-state index in [1.165, 1.54) is 12.8 Å². The van der Waals surface area contributed by atoms with Gasteiger partial charge < -0.3 is 10.2 Å². The Hall–Kier alpha value is -2.17. The summed E-state index contributed by atoms with van der Waals surface area (Å²) in [6, 6.07) is 4.13. The molecular formula is C20H25N3O2. The summed E-state index contributed by atoms with van der Waals surface area (Å²) in [6.07, 6.45) is 13.0. The zero-order chi connectivity index (χ0) is 17.3. The Morgan fingerprint density at radius 3 is 2.92 bits per heavy atom. The lowest BCUT2D eigenvalue weighted by molar-refractivity contribution is -0.141. The minimum absolute atomic E-state index is 0.0654. The second kappa shape index (κ2) is 6.62. The molecule has 5 nitrogen and oxygen atoms in total. The molecule has 1 aromatic heterocycles. The number of hydrogen-bond acceptors (Lipinski definition) is 3. The number of rotatable bonds is 4. The topological polar surface area (TPSA) is 62.3 Å². The van der Waals surface area contributed by atoms with Crippen LogP contribution in [0.25, 0.3) is 0 Å². The molecule has 1 saturated carbocycles. The van der Waals surface area contributed by atoms with Gasteiger partial charge in [0.25, 0.3) is 0 Å². The Labute approximate surface area is 148 Å². The van der Waals surface area contributed by atoms with Crippen molar-refractivity contribution < 1.29 is 9.59 Å². The molecule has 0 radical (unpaired) electrons. The van der Waals surface area contributed by atoms with Crippen molar-refractivity contribution in [3.63, 3.8) is 0 Å². The molecule has 1 aromatic rings. The van der Waals surface area contributed by atoms with E-state index in [0.29, 0.717) is 25.4 Å². The van der Waals surface area contributed by atoms with Crippen molar-refractivity contribution in [2.45, 2.75) is 64.0 Å². The molecule has 0 spiro atoms. The number of aromatic nitrogens is 1. The van der Waals surface area contributed by atoms with Crippen LogP contribution in [0.3, 0.4) is 0 Å². The highest BCUT2D eigenvalue weighted by Gasteiger charge is 2.52. The van der Waals surface area contributed by atoms with E-state index in [0.717, 1.165) is 36.9 Å². The van der Waals surface area contributed by atoms with Gasteiger partial charge in [0, 0.05) is 37.1 Å². The summed E-state index contributed by atoms with van der Waals surface area (Å²) >= 11 is 0. The van der Waals surface area contributed by atoms with Crippen molar-refractivity contribution in [2.75, 3.05) is 0 Å². The smallest absolute Gasteiger partial charge is 0.232 e. The van der Waals surface area contributed by atoms with E-state index in [-0.39, 0.29) is 11.8 Å². The number of carbonyl (C=O) groups is 2. The first-order valence-corrected chi connectivity index (χ1v) is 9.41. The summed E-state index contributed by atoms with van der Waals surface area (Å²) in [7, 11) is 0. The van der Waals surface area contributed by atoms with Crippen LogP contribution in [0.5, 0.6) is 0 Å². The molecular weight excluding hydrogens is 314 g/mol. The SMILES string of the molecule is O=C1CCC2(C(=O)NCc3cccnc3)CCC=C2N1C1CCCC1. The molecule has 1 N–H and O–H groups in total. The normalized spacial score (nSPS) is 26.5. The molecule has 2 amide bonds. The van der Waals surface area contributed by atoms with Gasteiger partial charge in [-0.15, -0.1) is 0 Å². The van der Waals surface area contributed by atoms with E-state index in [1.807, 2.05) is 17.0 Å². The van der Waals surface area contributed by atoms with E-state index < -0.39 is 5.41 Å². The van der Waals surface area contributed by atoms with Gasteiger partial charge in [-0.05, 0) is 43.7 Å². The molecule has 132 valence electrons. The van der Waals surface area contributed by atoms with E-state index in [1.54, 1.807) is 12.4 Å². The molecule has 0 aromatic carbocycles. The maximum atomic E-state index is 13.1. The summed E-state index contributed by atoms with van der Waals surface area (Å²) in [5, 5.41) is 3.10. The zero-order valence-electron chi connectivity index (χ0n) is 14.5. The number of hydrogen-bond donors (Lipinski definition) is 1. The Kier molecular flexibility index (Phi) is 4.32. The number of fused-ring (bicyclic) bond motifs is 1. The molecule has 1 aliphatic heterocycles. The Bertz CT molecular complexity index is 694. The molecule has 2 fully saturated rings. The summed E-state index contributed by atoms with van der Waals surface area (Å²) in [4.78, 5) is 31.8. The lowest BCUT2D eigenvalue weighted by Crippen LogP contribution is -2.52. The van der Waals surface area contributed by atoms with Crippen LogP contribution >= 0.6 is 0 Å². The second-order valence-electron chi connectivity index (χ2n) is 7.46. The number of likely N-dealkylation sites (tertiary alicyclic amines) is 1. The van der Waals surface area contributed by atoms with E-state index >= 15 is 0 Å². The number of nitrogens with one attached hydrogen (secondary N) is 1. The summed E-state index contributed by atoms with van der Waals surface area (Å²) in [6.45, 7) is 0.485. The Balaban J connectivity index is 1.54. The molecule has 1 atom stereocenters. The maximum Gasteiger partial charge on any atom is 0.232 e. The van der Waals surface area contributed by atoms with Gasteiger partial charge in [-0.3, -0.25) is 14.6 Å². The van der Waals surface area contributed by atoms with E-state index in [9.17, 15) is 9.59 Å². The van der Waals surface area contributed by atoms with Crippen LogP contribution in [0, 0.1) is 5.41 Å². The van der Waals surface area contributed by atoms with Gasteiger partial charge in [0.15, 0.2) is 0 Å². The van der Waals surface area contributed by atoms with Gasteiger partial charge in [0.2, 0.25) is 11.8 Å². The van der Waals surface area contributed by atoms with E-state index in [2.05, 4.69) is 16.4 Å². The first-order valence-electron chi connectivity index (χ1n) is 9.41. The highest BCUT2D eigenvalue weighted by Crippen LogP contribution is 2.50. The third-order valence-electron chi connectivity index (χ3n) is 5.99. The molecule has 4 rings (SSSR count). The summed E-state index contributed by atoms with van der Waals surface area (Å²) in [5.41, 5.74) is 1.47. The van der Waals surface area contributed by atoms with Crippen molar-refractivity contribution >= 4 is 11.8 Å². The second-order valence-corrected chi connectivity index (χ2v) is 7.46. The number of piperidine rings is 1. The molecule has 5 heteroatoms. The molecule has 1 saturated heterocycles. The first kappa shape index (κ1) is 16.3. The number of pyridine rings is 1. The Morgan fingerprint density at radius 2 is 2.16 bits per heavy atom. The molecule has 2 aliphatic carbocycles. The monoisotopic (exact) mass is 339 g/mol. The summed E-state index contributed by atoms with van der Waals surface area (Å²) < 4.78 is 0. The predicted octanol–water partition coefficient (Wildman–Crippen LogP) is 2.93. The van der Waals surface area contributed by atoms with Crippen LogP contribution in [0.15, 0.2) is 36.3 Å². The number of nitrogens with zero attached hydrogens (tertiary/aromatic N) is 2. The quantitative estimate of drug-likeness (QED) is 0.917. The molecule has 1 unspecified atom stereocenters. The highest BCUT2D eigenvalue weighted by atomic mass is 16.2. The van der Waals surface area contributed by atoms with Crippen LogP contribution in [0.4, 0.5) is 0 Å². The third-order valence-corrected chi connectivity index (χ3v) is 5.99. The van der Waals surface area contributed by atoms with E-state index in [4.69, 9.17) is 0 Å². The van der Waals surface area contributed by atoms with Crippen molar-refractivity contribution in [2.24, 2.45) is 5.41 Å². The molecule has 3 aliphatic rings. The molecule has 25 heavy (non-hydrogen) atoms. The molecule has 2 heterocycles. The van der Waals surface area contributed by atoms with Crippen LogP contribution in [-0.2, 0) is 16.1 Å². The predicted molar refractivity (Wildman–Crippen MR) is 94.2 cm³/mol. The third kappa shape index (κ3) is 2.86. The number of carbonyl (C=O) groups excluding carboxylic acids is 2. The lowest BCUT2D eigenvalue weighted by atomic mass is 9.75. The van der Waals surface area contributed by atoms with Crippen LogP contribution in [0.2, 0.25) is 0 Å². The average molecular weight is 339 g/mol. The van der Waals surface area contributed by atoms with Gasteiger partial charge in [-0.2, -0.15) is 0 Å². The van der Waals surface area contributed by atoms with Gasteiger partial charge in [-0.25, -0.2) is 0 Å². The lowest BCUT2D eigenvalue weighted by Gasteiger charge is -2.44. The highest BCUT2D eigenvalue weighted by molar-refractivity contribution is 5.91. The fourth-order valence-corrected chi connectivity index (χ4v) is 4.70. The first-order chi connectivity index (χ1) is 12.2. The van der Waals surface area contributed by atoms with Crippen LogP contribution in [0.1, 0.15) is 56.9 Å². The molecule has 0 bridgehead atoms. The van der Waals surface area contributed by atoms with Crippen molar-refractivity contribution in [1.29, 1.82) is 0 Å². The van der Waals surface area contributed by atoms with Gasteiger partial charge in [-0.1, -0.05) is 25.0 Å². The summed E-state index contributed by atoms with van der Waals surface area (Å²) in [5.74, 6) is 0.270. The van der Waals surface area contributed by atoms with Crippen LogP contribution in [-0.4, -0.2) is 27.7 Å². The van der Waals surface area contributed by atoms with Crippen LogP contribution < -0.4 is 5.32 Å². The fraction of sp³-hybridized carbons (Fsp3) is 0.550. The van der Waals surface area contributed by atoms with Crippen molar-refractivity contribution in [1.82, 2.24) is 15.2 Å². The zero-order valence-corrected chi connectivity index (χ0v) is 14.5. The maximum absolute atomic E-state index is 13.1. The minimum Gasteiger partial charge on any atom is -0.351 e. The number of allylic oxidation sites excluding steroid dienone is 1. The largest absolute Gasteiger partial charge is 0.351 e. The standard InChI is InChI=1S/C20H25N3O2/c24-18-9-11-20(19(25)22-14-15-5-4-12-21-13-15)10-3-8-17(20)23(18)16-6-1-2-7-16/h4-5,8,12-13,16H,1-3,6-7,9-11,14H2,(H,22,25). The van der Waals surface area contributed by atoms with Crippen molar-refractivity contribution in [3.05, 3.63) is 41.9 Å². The van der Waals surface area contributed by atoms with Gasteiger partial charge >= 0.3 is 0 Å². The number of amides is 2. The van der Waals surface area contributed by atoms with Gasteiger partial charge in [0.05, 0.1) is 5.41 Å². The fourth-order valence-electron chi connectivity index (χ4n) is 4.70. The minimum atomic E-state index is -0.515. The van der Waals surface area contributed by atoms with Gasteiger partial charge in [0.1, 0.15) is 0 Å². The Morgan fingerprint density at radius 1 is 1.32 bits per heavy atom. The van der Waals surface area contributed by atoms with Crippen molar-refractivity contribution in [3.8, 4) is 0 Å².